The lowest BCUT2D eigenvalue weighted by Gasteiger charge is -2.08. The topological polar surface area (TPSA) is 105 Å². The average molecular weight is 279 g/mol. The summed E-state index contributed by atoms with van der Waals surface area (Å²) in [6.45, 7) is 8.42. The van der Waals surface area contributed by atoms with Crippen molar-refractivity contribution in [3.05, 3.63) is 27.9 Å². The quantitative estimate of drug-likeness (QED) is 0.648. The molecule has 108 valence electrons. The van der Waals surface area contributed by atoms with Crippen molar-refractivity contribution in [1.82, 2.24) is 4.98 Å². The van der Waals surface area contributed by atoms with Crippen LogP contribution in [0.2, 0.25) is 0 Å². The predicted molar refractivity (Wildman–Crippen MR) is 72.8 cm³/mol. The molecule has 1 aliphatic carbocycles. The van der Waals surface area contributed by atoms with Crippen molar-refractivity contribution in [3.8, 4) is 0 Å². The van der Waals surface area contributed by atoms with Crippen LogP contribution in [-0.4, -0.2) is 27.0 Å². The fourth-order valence-corrected chi connectivity index (χ4v) is 2.55. The van der Waals surface area contributed by atoms with E-state index in [1.807, 2.05) is 0 Å². The number of carboxylic acid groups (broad SMARTS) is 1. The van der Waals surface area contributed by atoms with E-state index in [0.29, 0.717) is 5.82 Å². The molecule has 0 aliphatic heterocycles. The number of aromatic carboxylic acids is 1. The van der Waals surface area contributed by atoms with Gasteiger partial charge in [-0.1, -0.05) is 27.7 Å². The van der Waals surface area contributed by atoms with Gasteiger partial charge < -0.3 is 10.4 Å². The summed E-state index contributed by atoms with van der Waals surface area (Å²) >= 11 is 0. The molecule has 7 nitrogen and oxygen atoms in total. The number of nitro groups is 1. The van der Waals surface area contributed by atoms with Crippen LogP contribution in [0.5, 0.6) is 0 Å². The van der Waals surface area contributed by atoms with Gasteiger partial charge in [-0.25, -0.2) is 9.78 Å². The molecule has 20 heavy (non-hydrogen) atoms. The van der Waals surface area contributed by atoms with Gasteiger partial charge in [-0.3, -0.25) is 10.1 Å². The first-order valence-corrected chi connectivity index (χ1v) is 6.23. The number of rotatable bonds is 4. The summed E-state index contributed by atoms with van der Waals surface area (Å²) in [6, 6.07) is 1.36. The van der Waals surface area contributed by atoms with Crippen molar-refractivity contribution in [2.75, 3.05) is 5.32 Å². The van der Waals surface area contributed by atoms with Crippen molar-refractivity contribution in [2.45, 2.75) is 33.7 Å². The largest absolute Gasteiger partial charge is 0.477 e. The highest BCUT2D eigenvalue weighted by molar-refractivity contribution is 5.93. The Kier molecular flexibility index (Phi) is 2.96. The number of pyridine rings is 1. The molecular weight excluding hydrogens is 262 g/mol. The number of hydrogen-bond donors (Lipinski definition) is 2. The third-order valence-electron chi connectivity index (χ3n) is 4.62. The Labute approximate surface area is 116 Å². The Morgan fingerprint density at radius 2 is 1.95 bits per heavy atom. The van der Waals surface area contributed by atoms with Gasteiger partial charge in [-0.15, -0.1) is 0 Å². The lowest BCUT2D eigenvalue weighted by Crippen LogP contribution is -2.13. The fourth-order valence-electron chi connectivity index (χ4n) is 2.55. The maximum atomic E-state index is 11.1. The van der Waals surface area contributed by atoms with Gasteiger partial charge in [0.05, 0.1) is 4.92 Å². The van der Waals surface area contributed by atoms with Crippen molar-refractivity contribution in [3.63, 3.8) is 0 Å². The van der Waals surface area contributed by atoms with Crippen LogP contribution in [0.4, 0.5) is 11.5 Å². The Balaban J connectivity index is 2.30. The molecule has 1 aromatic rings. The first-order valence-electron chi connectivity index (χ1n) is 6.23. The molecule has 1 aliphatic rings. The van der Waals surface area contributed by atoms with Gasteiger partial charge in [0.1, 0.15) is 17.6 Å². The van der Waals surface area contributed by atoms with Crippen LogP contribution >= 0.6 is 0 Å². The van der Waals surface area contributed by atoms with E-state index in [-0.39, 0.29) is 22.4 Å². The Morgan fingerprint density at radius 3 is 2.35 bits per heavy atom. The molecule has 1 aromatic heterocycles. The van der Waals surface area contributed by atoms with Crippen LogP contribution in [0.25, 0.3) is 0 Å². The molecular formula is C13H17N3O4. The SMILES string of the molecule is CC1(C)C(Nc2cc(C(=O)O)c([N+](=O)[O-])cn2)C1(C)C. The molecule has 0 saturated heterocycles. The molecule has 1 heterocycles. The minimum atomic E-state index is -1.34. The third kappa shape index (κ3) is 1.99. The van der Waals surface area contributed by atoms with E-state index in [9.17, 15) is 14.9 Å². The van der Waals surface area contributed by atoms with Gasteiger partial charge in [0.2, 0.25) is 0 Å². The zero-order chi connectivity index (χ0) is 15.3. The lowest BCUT2D eigenvalue weighted by atomic mass is 10.0. The van der Waals surface area contributed by atoms with Crippen LogP contribution in [0.15, 0.2) is 12.3 Å². The van der Waals surface area contributed by atoms with Crippen molar-refractivity contribution < 1.29 is 14.8 Å². The van der Waals surface area contributed by atoms with E-state index >= 15 is 0 Å². The molecule has 0 radical (unpaired) electrons. The molecule has 0 bridgehead atoms. The molecule has 1 fully saturated rings. The first-order chi connectivity index (χ1) is 9.09. The first kappa shape index (κ1) is 14.2. The maximum absolute atomic E-state index is 11.1. The number of nitrogens with one attached hydrogen (secondary N) is 1. The van der Waals surface area contributed by atoms with E-state index in [0.717, 1.165) is 6.20 Å². The summed E-state index contributed by atoms with van der Waals surface area (Å²) in [5.41, 5.74) is -0.749. The van der Waals surface area contributed by atoms with Gasteiger partial charge in [-0.05, 0) is 10.8 Å². The third-order valence-corrected chi connectivity index (χ3v) is 4.62. The van der Waals surface area contributed by atoms with Crippen LogP contribution in [0, 0.1) is 20.9 Å². The highest BCUT2D eigenvalue weighted by atomic mass is 16.6. The summed E-state index contributed by atoms with van der Waals surface area (Å²) < 4.78 is 0. The molecule has 1 saturated carbocycles. The second-order valence-corrected chi connectivity index (χ2v) is 6.17. The Bertz CT molecular complexity index is 581. The summed E-state index contributed by atoms with van der Waals surface area (Å²) in [4.78, 5) is 25.0. The maximum Gasteiger partial charge on any atom is 0.342 e. The van der Waals surface area contributed by atoms with Crippen LogP contribution < -0.4 is 5.32 Å². The zero-order valence-electron chi connectivity index (χ0n) is 11.8. The monoisotopic (exact) mass is 279 g/mol. The molecule has 0 aromatic carbocycles. The predicted octanol–water partition coefficient (Wildman–Crippen LogP) is 2.53. The van der Waals surface area contributed by atoms with Crippen LogP contribution in [0.3, 0.4) is 0 Å². The molecule has 2 rings (SSSR count). The molecule has 0 atom stereocenters. The summed E-state index contributed by atoms with van der Waals surface area (Å²) in [5, 5.41) is 23.0. The number of anilines is 1. The second kappa shape index (κ2) is 4.16. The number of hydrogen-bond acceptors (Lipinski definition) is 5. The molecule has 0 spiro atoms. The number of nitrogens with zero attached hydrogens (tertiary/aromatic N) is 2. The summed E-state index contributed by atoms with van der Waals surface area (Å²) in [6.07, 6.45) is 0.980. The zero-order valence-corrected chi connectivity index (χ0v) is 11.8. The number of carbonyl (C=O) groups is 1. The van der Waals surface area contributed by atoms with Crippen molar-refractivity contribution >= 4 is 17.5 Å². The molecule has 0 amide bonds. The Hall–Kier alpha value is -2.18. The van der Waals surface area contributed by atoms with Gasteiger partial charge >= 0.3 is 11.7 Å². The minimum absolute atomic E-state index is 0.0554. The molecule has 7 heteroatoms. The molecule has 2 N–H and O–H groups in total. The van der Waals surface area contributed by atoms with Gasteiger partial charge in [0.15, 0.2) is 0 Å². The average Bonchev–Trinajstić information content (AvgIpc) is 2.71. The van der Waals surface area contributed by atoms with Gasteiger partial charge in [-0.2, -0.15) is 0 Å². The van der Waals surface area contributed by atoms with Crippen LogP contribution in [-0.2, 0) is 0 Å². The fraction of sp³-hybridized carbons (Fsp3) is 0.538. The van der Waals surface area contributed by atoms with E-state index < -0.39 is 16.6 Å². The lowest BCUT2D eigenvalue weighted by molar-refractivity contribution is -0.385. The second-order valence-electron chi connectivity index (χ2n) is 6.17. The smallest absolute Gasteiger partial charge is 0.342 e. The van der Waals surface area contributed by atoms with E-state index in [2.05, 4.69) is 38.0 Å². The summed E-state index contributed by atoms with van der Waals surface area (Å²) in [7, 11) is 0. The van der Waals surface area contributed by atoms with Gasteiger partial charge in [0.25, 0.3) is 0 Å². The standard InChI is InChI=1S/C13H17N3O4/c1-12(2)11(13(12,3)4)15-9-5-7(10(17)18)8(6-14-9)16(19)20/h5-6,11H,1-4H3,(H,14,15)(H,17,18). The van der Waals surface area contributed by atoms with E-state index in [1.54, 1.807) is 0 Å². The Morgan fingerprint density at radius 1 is 1.40 bits per heavy atom. The normalized spacial score (nSPS) is 19.4. The van der Waals surface area contributed by atoms with Crippen LogP contribution in [0.1, 0.15) is 38.1 Å². The minimum Gasteiger partial charge on any atom is -0.477 e. The van der Waals surface area contributed by atoms with Gasteiger partial charge in [0, 0.05) is 12.1 Å². The molecule has 0 unspecified atom stereocenters. The summed E-state index contributed by atoms with van der Waals surface area (Å²) in [5.74, 6) is -0.992. The van der Waals surface area contributed by atoms with Crippen molar-refractivity contribution in [2.24, 2.45) is 10.8 Å². The van der Waals surface area contributed by atoms with E-state index in [1.165, 1.54) is 6.07 Å². The number of carboxylic acids is 1. The van der Waals surface area contributed by atoms with Crippen molar-refractivity contribution in [1.29, 1.82) is 0 Å². The van der Waals surface area contributed by atoms with E-state index in [4.69, 9.17) is 5.11 Å². The highest BCUT2D eigenvalue weighted by Crippen LogP contribution is 2.63. The highest BCUT2D eigenvalue weighted by Gasteiger charge is 2.65. The number of aromatic nitrogens is 1.